The first kappa shape index (κ1) is 13.8. The highest BCUT2D eigenvalue weighted by atomic mass is 79.9. The maximum Gasteiger partial charge on any atom is 0.274 e. The quantitative estimate of drug-likeness (QED) is 0.910. The van der Waals surface area contributed by atoms with Gasteiger partial charge in [0.2, 0.25) is 0 Å². The third-order valence-electron chi connectivity index (χ3n) is 3.50. The van der Waals surface area contributed by atoms with Crippen molar-refractivity contribution in [1.82, 2.24) is 9.55 Å². The number of nitrogens with one attached hydrogen (secondary N) is 1. The summed E-state index contributed by atoms with van der Waals surface area (Å²) in [5, 5.41) is 3.65. The van der Waals surface area contributed by atoms with Crippen LogP contribution in [-0.2, 0) is 19.4 Å². The van der Waals surface area contributed by atoms with Crippen molar-refractivity contribution < 1.29 is 4.79 Å². The zero-order valence-corrected chi connectivity index (χ0v) is 13.7. The van der Waals surface area contributed by atoms with Crippen molar-refractivity contribution in [1.29, 1.82) is 0 Å². The minimum absolute atomic E-state index is 0.0938. The van der Waals surface area contributed by atoms with Gasteiger partial charge in [-0.2, -0.15) is 0 Å². The Hall–Kier alpha value is -1.14. The number of carbonyl (C=O) groups excluding carboxylic acids is 1. The molecule has 3 rings (SSSR count). The molecule has 2 aromatic rings. The number of hydrogen-bond acceptors (Lipinski definition) is 3. The van der Waals surface area contributed by atoms with Crippen LogP contribution in [0.25, 0.3) is 0 Å². The Morgan fingerprint density at radius 1 is 1.50 bits per heavy atom. The van der Waals surface area contributed by atoms with E-state index in [2.05, 4.69) is 26.2 Å². The standard InChI is InChI=1S/C14H16BrN3OS/c1-2-18-8-9(15)7-11(18)13(19)17-14-16-10-5-3-4-6-12(10)20-14/h7-8H,2-6H2,1H3,(H,16,17,19). The molecule has 0 radical (unpaired) electrons. The van der Waals surface area contributed by atoms with Gasteiger partial charge in [0.25, 0.3) is 5.91 Å². The van der Waals surface area contributed by atoms with Crippen LogP contribution in [0.2, 0.25) is 0 Å². The van der Waals surface area contributed by atoms with Crippen LogP contribution in [-0.4, -0.2) is 15.5 Å². The molecule has 2 aromatic heterocycles. The minimum Gasteiger partial charge on any atom is -0.343 e. The van der Waals surface area contributed by atoms with Gasteiger partial charge in [-0.15, -0.1) is 11.3 Å². The van der Waals surface area contributed by atoms with Crippen LogP contribution in [0.5, 0.6) is 0 Å². The molecular formula is C14H16BrN3OS. The molecular weight excluding hydrogens is 338 g/mol. The summed E-state index contributed by atoms with van der Waals surface area (Å²) in [6.45, 7) is 2.79. The summed E-state index contributed by atoms with van der Waals surface area (Å²) in [6.07, 6.45) is 6.49. The van der Waals surface area contributed by atoms with Gasteiger partial charge in [-0.3, -0.25) is 10.1 Å². The number of thiazole rings is 1. The summed E-state index contributed by atoms with van der Waals surface area (Å²) in [7, 11) is 0. The van der Waals surface area contributed by atoms with Crippen molar-refractivity contribution in [2.45, 2.75) is 39.2 Å². The van der Waals surface area contributed by atoms with Crippen LogP contribution in [0.1, 0.15) is 40.8 Å². The van der Waals surface area contributed by atoms with Gasteiger partial charge >= 0.3 is 0 Å². The van der Waals surface area contributed by atoms with E-state index in [1.54, 1.807) is 11.3 Å². The number of aromatic nitrogens is 2. The molecule has 0 aliphatic heterocycles. The summed E-state index contributed by atoms with van der Waals surface area (Å²) in [5.41, 5.74) is 1.83. The molecule has 6 heteroatoms. The molecule has 0 saturated heterocycles. The van der Waals surface area contributed by atoms with E-state index in [9.17, 15) is 4.79 Å². The summed E-state index contributed by atoms with van der Waals surface area (Å²) in [4.78, 5) is 18.2. The molecule has 1 amide bonds. The first-order valence-corrected chi connectivity index (χ1v) is 8.44. The molecule has 106 valence electrons. The fourth-order valence-electron chi connectivity index (χ4n) is 2.49. The Morgan fingerprint density at radius 3 is 3.05 bits per heavy atom. The number of aryl methyl sites for hydroxylation is 3. The molecule has 1 aliphatic rings. The van der Waals surface area contributed by atoms with Gasteiger partial charge in [-0.05, 0) is 54.6 Å². The molecule has 2 heterocycles. The van der Waals surface area contributed by atoms with Crippen LogP contribution < -0.4 is 5.32 Å². The maximum atomic E-state index is 12.3. The van der Waals surface area contributed by atoms with Gasteiger partial charge in [0.1, 0.15) is 5.69 Å². The summed E-state index contributed by atoms with van der Waals surface area (Å²) < 4.78 is 2.84. The summed E-state index contributed by atoms with van der Waals surface area (Å²) in [5.74, 6) is -0.0938. The van der Waals surface area contributed by atoms with E-state index in [1.165, 1.54) is 23.4 Å². The maximum absolute atomic E-state index is 12.3. The lowest BCUT2D eigenvalue weighted by atomic mass is 10.0. The Morgan fingerprint density at radius 2 is 2.30 bits per heavy atom. The van der Waals surface area contributed by atoms with Gasteiger partial charge in [-0.25, -0.2) is 4.98 Å². The molecule has 4 nitrogen and oxygen atoms in total. The second kappa shape index (κ2) is 5.69. The second-order valence-electron chi connectivity index (χ2n) is 4.88. The Bertz CT molecular complexity index is 623. The fourth-order valence-corrected chi connectivity index (χ4v) is 4.00. The third kappa shape index (κ3) is 2.67. The SMILES string of the molecule is CCn1cc(Br)cc1C(=O)Nc1nc2c(s1)CCCC2. The Kier molecular flexibility index (Phi) is 3.94. The number of nitrogens with zero attached hydrogens (tertiary/aromatic N) is 2. The number of hydrogen-bond donors (Lipinski definition) is 1. The monoisotopic (exact) mass is 353 g/mol. The molecule has 0 saturated carbocycles. The molecule has 1 aliphatic carbocycles. The molecule has 0 atom stereocenters. The normalized spacial score (nSPS) is 14.1. The summed E-state index contributed by atoms with van der Waals surface area (Å²) >= 11 is 5.02. The predicted molar refractivity (Wildman–Crippen MR) is 84.5 cm³/mol. The van der Waals surface area contributed by atoms with E-state index in [0.717, 1.165) is 29.0 Å². The lowest BCUT2D eigenvalue weighted by Gasteiger charge is -2.06. The van der Waals surface area contributed by atoms with Gasteiger partial charge in [0.05, 0.1) is 5.69 Å². The number of halogens is 1. The van der Waals surface area contributed by atoms with Crippen molar-refractivity contribution in [3.63, 3.8) is 0 Å². The molecule has 0 unspecified atom stereocenters. The minimum atomic E-state index is -0.0938. The van der Waals surface area contributed by atoms with Crippen molar-refractivity contribution in [2.75, 3.05) is 5.32 Å². The van der Waals surface area contributed by atoms with Gasteiger partial charge in [-0.1, -0.05) is 0 Å². The van der Waals surface area contributed by atoms with Crippen LogP contribution in [0, 0.1) is 0 Å². The third-order valence-corrected chi connectivity index (χ3v) is 5.01. The Labute approximate surface area is 130 Å². The smallest absolute Gasteiger partial charge is 0.274 e. The average Bonchev–Trinajstić information content (AvgIpc) is 3.00. The Balaban J connectivity index is 1.80. The topological polar surface area (TPSA) is 46.9 Å². The van der Waals surface area contributed by atoms with Gasteiger partial charge < -0.3 is 4.57 Å². The van der Waals surface area contributed by atoms with E-state index in [0.29, 0.717) is 5.69 Å². The molecule has 20 heavy (non-hydrogen) atoms. The van der Waals surface area contributed by atoms with Gasteiger partial charge in [0, 0.05) is 22.1 Å². The number of fused-ring (bicyclic) bond motifs is 1. The van der Waals surface area contributed by atoms with E-state index in [1.807, 2.05) is 23.8 Å². The molecule has 0 aromatic carbocycles. The first-order valence-electron chi connectivity index (χ1n) is 6.83. The largest absolute Gasteiger partial charge is 0.343 e. The number of anilines is 1. The highest BCUT2D eigenvalue weighted by Crippen LogP contribution is 2.30. The van der Waals surface area contributed by atoms with E-state index in [-0.39, 0.29) is 5.91 Å². The zero-order chi connectivity index (χ0) is 14.1. The second-order valence-corrected chi connectivity index (χ2v) is 6.88. The zero-order valence-electron chi connectivity index (χ0n) is 11.3. The molecule has 0 spiro atoms. The van der Waals surface area contributed by atoms with Crippen LogP contribution in [0.4, 0.5) is 5.13 Å². The summed E-state index contributed by atoms with van der Waals surface area (Å²) in [6, 6.07) is 1.84. The molecule has 0 bridgehead atoms. The van der Waals surface area contributed by atoms with E-state index < -0.39 is 0 Å². The van der Waals surface area contributed by atoms with E-state index >= 15 is 0 Å². The van der Waals surface area contributed by atoms with Gasteiger partial charge in [0.15, 0.2) is 5.13 Å². The highest BCUT2D eigenvalue weighted by molar-refractivity contribution is 9.10. The number of carbonyl (C=O) groups is 1. The number of rotatable bonds is 3. The highest BCUT2D eigenvalue weighted by Gasteiger charge is 2.18. The average molecular weight is 354 g/mol. The van der Waals surface area contributed by atoms with Crippen LogP contribution in [0.3, 0.4) is 0 Å². The van der Waals surface area contributed by atoms with Crippen molar-refractivity contribution >= 4 is 38.3 Å². The van der Waals surface area contributed by atoms with Crippen molar-refractivity contribution in [3.05, 3.63) is 33.0 Å². The predicted octanol–water partition coefficient (Wildman–Crippen LogP) is 3.86. The molecule has 0 fully saturated rings. The number of amides is 1. The molecule has 1 N–H and O–H groups in total. The van der Waals surface area contributed by atoms with E-state index in [4.69, 9.17) is 0 Å². The first-order chi connectivity index (χ1) is 9.67. The fraction of sp³-hybridized carbons (Fsp3) is 0.429. The lowest BCUT2D eigenvalue weighted by molar-refractivity contribution is 0.101. The van der Waals surface area contributed by atoms with Crippen molar-refractivity contribution in [2.24, 2.45) is 0 Å². The lowest BCUT2D eigenvalue weighted by Crippen LogP contribution is -2.16. The van der Waals surface area contributed by atoms with Crippen LogP contribution in [0.15, 0.2) is 16.7 Å². The van der Waals surface area contributed by atoms with Crippen LogP contribution >= 0.6 is 27.3 Å². The van der Waals surface area contributed by atoms with Crippen molar-refractivity contribution in [3.8, 4) is 0 Å².